The van der Waals surface area contributed by atoms with E-state index in [0.29, 0.717) is 17.5 Å². The van der Waals surface area contributed by atoms with Gasteiger partial charge in [-0.25, -0.2) is 19.9 Å². The second kappa shape index (κ2) is 12.6. The summed E-state index contributed by atoms with van der Waals surface area (Å²) in [4.78, 5) is 20.6. The highest BCUT2D eigenvalue weighted by Crippen LogP contribution is 2.42. The van der Waals surface area contributed by atoms with Crippen molar-refractivity contribution in [3.05, 3.63) is 182 Å². The van der Waals surface area contributed by atoms with E-state index in [2.05, 4.69) is 164 Å². The standard InChI is InChI=1S/C52H30N4S/c1-2-9-37(10-3-1)50-54-51(56-52(55-50)42-30-28-35-22-21-33-11-8-12-34-27-29-39(42)46(35)45(33)34)38-25-19-32(20-26-38)31-17-23-36(24-18-31)47-40-13-4-5-14-41(40)49-48(53-47)43-15-6-7-16-44(43)57-49/h1-30H. The van der Waals surface area contributed by atoms with Gasteiger partial charge >= 0.3 is 0 Å². The molecule has 0 saturated carbocycles. The van der Waals surface area contributed by atoms with Gasteiger partial charge in [-0.1, -0.05) is 170 Å². The van der Waals surface area contributed by atoms with Crippen molar-refractivity contribution in [3.63, 3.8) is 0 Å². The van der Waals surface area contributed by atoms with Gasteiger partial charge in [-0.15, -0.1) is 11.3 Å². The van der Waals surface area contributed by atoms with Crippen molar-refractivity contribution < 1.29 is 0 Å². The van der Waals surface area contributed by atoms with Crippen molar-refractivity contribution >= 4 is 74.7 Å². The van der Waals surface area contributed by atoms with Gasteiger partial charge in [0.25, 0.3) is 0 Å². The van der Waals surface area contributed by atoms with Crippen LogP contribution < -0.4 is 0 Å². The molecule has 12 rings (SSSR count). The largest absolute Gasteiger partial charge is 0.246 e. The fourth-order valence-electron chi connectivity index (χ4n) is 8.51. The van der Waals surface area contributed by atoms with Gasteiger partial charge in [0.2, 0.25) is 0 Å². The first-order valence-electron chi connectivity index (χ1n) is 19.1. The molecule has 0 aliphatic rings. The number of rotatable bonds is 5. The number of thiophene rings is 1. The number of pyridine rings is 1. The predicted octanol–water partition coefficient (Wildman–Crippen LogP) is 14.0. The van der Waals surface area contributed by atoms with Crippen molar-refractivity contribution in [2.45, 2.75) is 0 Å². The minimum Gasteiger partial charge on any atom is -0.246 e. The zero-order chi connectivity index (χ0) is 37.5. The van der Waals surface area contributed by atoms with E-state index in [0.717, 1.165) is 50.0 Å². The van der Waals surface area contributed by atoms with Crippen LogP contribution >= 0.6 is 11.3 Å². The SMILES string of the molecule is c1ccc(-c2nc(-c3ccc(-c4ccc(-c5nc6c7ccccc7sc6c6ccccc56)cc4)cc3)nc(-c3ccc4ccc5cccc6ccc3c4c56)n2)cc1. The first-order chi connectivity index (χ1) is 28.2. The van der Waals surface area contributed by atoms with Crippen LogP contribution in [0.5, 0.6) is 0 Å². The van der Waals surface area contributed by atoms with Crippen molar-refractivity contribution in [2.24, 2.45) is 0 Å². The number of hydrogen-bond donors (Lipinski definition) is 0. The minimum atomic E-state index is 0.640. The molecule has 0 fully saturated rings. The molecule has 9 aromatic carbocycles. The van der Waals surface area contributed by atoms with Crippen LogP contribution in [-0.4, -0.2) is 19.9 Å². The summed E-state index contributed by atoms with van der Waals surface area (Å²) in [6.07, 6.45) is 0. The average Bonchev–Trinajstić information content (AvgIpc) is 3.67. The van der Waals surface area contributed by atoms with Gasteiger partial charge in [0.15, 0.2) is 17.5 Å². The van der Waals surface area contributed by atoms with E-state index in [1.165, 1.54) is 52.5 Å². The Morgan fingerprint density at radius 1 is 0.316 bits per heavy atom. The third-order valence-corrected chi connectivity index (χ3v) is 12.5. The molecular weight excluding hydrogens is 713 g/mol. The lowest BCUT2D eigenvalue weighted by Gasteiger charge is -2.14. The number of benzene rings is 9. The first-order valence-corrected chi connectivity index (χ1v) is 19.9. The Kier molecular flexibility index (Phi) is 7.06. The van der Waals surface area contributed by atoms with E-state index in [1.807, 2.05) is 29.5 Å². The van der Waals surface area contributed by atoms with Gasteiger partial charge < -0.3 is 0 Å². The second-order valence-corrected chi connectivity index (χ2v) is 15.6. The van der Waals surface area contributed by atoms with Gasteiger partial charge in [0.1, 0.15) is 0 Å². The fraction of sp³-hybridized carbons (Fsp3) is 0. The maximum absolute atomic E-state index is 5.30. The molecule has 0 unspecified atom stereocenters. The number of fused-ring (bicyclic) bond motifs is 5. The van der Waals surface area contributed by atoms with E-state index in [-0.39, 0.29) is 0 Å². The Bertz CT molecular complexity index is 3480. The molecule has 0 radical (unpaired) electrons. The van der Waals surface area contributed by atoms with Gasteiger partial charge in [0, 0.05) is 43.1 Å². The smallest absolute Gasteiger partial charge is 0.164 e. The Balaban J connectivity index is 0.935. The summed E-state index contributed by atoms with van der Waals surface area (Å²) in [6.45, 7) is 0. The molecule has 0 aliphatic carbocycles. The molecule has 0 spiro atoms. The third kappa shape index (κ3) is 5.13. The fourth-order valence-corrected chi connectivity index (χ4v) is 9.69. The van der Waals surface area contributed by atoms with Crippen LogP contribution in [0.1, 0.15) is 0 Å². The zero-order valence-electron chi connectivity index (χ0n) is 30.5. The lowest BCUT2D eigenvalue weighted by molar-refractivity contribution is 1.08. The van der Waals surface area contributed by atoms with Gasteiger partial charge in [0.05, 0.1) is 15.9 Å². The Morgan fingerprint density at radius 2 is 0.860 bits per heavy atom. The van der Waals surface area contributed by atoms with Crippen LogP contribution in [0.4, 0.5) is 0 Å². The third-order valence-electron chi connectivity index (χ3n) is 11.3. The molecule has 0 aliphatic heterocycles. The van der Waals surface area contributed by atoms with Crippen LogP contribution in [-0.2, 0) is 0 Å². The molecule has 0 amide bonds. The molecule has 5 heteroatoms. The first kappa shape index (κ1) is 32.0. The van der Waals surface area contributed by atoms with Gasteiger partial charge in [-0.05, 0) is 55.6 Å². The van der Waals surface area contributed by atoms with Crippen molar-refractivity contribution in [1.29, 1.82) is 0 Å². The molecule has 0 bridgehead atoms. The summed E-state index contributed by atoms with van der Waals surface area (Å²) in [6, 6.07) is 64.4. The molecule has 264 valence electrons. The molecule has 12 aromatic rings. The summed E-state index contributed by atoms with van der Waals surface area (Å²) >= 11 is 1.82. The van der Waals surface area contributed by atoms with E-state index in [9.17, 15) is 0 Å². The summed E-state index contributed by atoms with van der Waals surface area (Å²) in [5.41, 5.74) is 8.30. The Hall–Kier alpha value is -7.34. The molecule has 0 atom stereocenters. The van der Waals surface area contributed by atoms with Gasteiger partial charge in [-0.2, -0.15) is 0 Å². The van der Waals surface area contributed by atoms with Crippen molar-refractivity contribution in [3.8, 4) is 56.5 Å². The Labute approximate surface area is 331 Å². The number of hydrogen-bond acceptors (Lipinski definition) is 5. The lowest BCUT2D eigenvalue weighted by atomic mass is 9.92. The topological polar surface area (TPSA) is 51.6 Å². The summed E-state index contributed by atoms with van der Waals surface area (Å²) in [5.74, 6) is 1.95. The maximum atomic E-state index is 5.30. The number of aromatic nitrogens is 4. The van der Waals surface area contributed by atoms with Crippen LogP contribution in [0.2, 0.25) is 0 Å². The summed E-state index contributed by atoms with van der Waals surface area (Å²) in [5, 5.41) is 11.0. The highest BCUT2D eigenvalue weighted by molar-refractivity contribution is 7.26. The monoisotopic (exact) mass is 742 g/mol. The molecule has 0 saturated heterocycles. The van der Waals surface area contributed by atoms with E-state index in [4.69, 9.17) is 19.9 Å². The zero-order valence-corrected chi connectivity index (χ0v) is 31.3. The van der Waals surface area contributed by atoms with Crippen LogP contribution in [0.3, 0.4) is 0 Å². The molecule has 3 heterocycles. The highest BCUT2D eigenvalue weighted by atomic mass is 32.1. The van der Waals surface area contributed by atoms with Gasteiger partial charge in [-0.3, -0.25) is 0 Å². The molecule has 3 aromatic heterocycles. The van der Waals surface area contributed by atoms with E-state index >= 15 is 0 Å². The molecule has 4 nitrogen and oxygen atoms in total. The Morgan fingerprint density at radius 3 is 1.60 bits per heavy atom. The molecule has 0 N–H and O–H groups in total. The van der Waals surface area contributed by atoms with Crippen molar-refractivity contribution in [1.82, 2.24) is 19.9 Å². The quantitative estimate of drug-likeness (QED) is 0.165. The van der Waals surface area contributed by atoms with Crippen LogP contribution in [0.15, 0.2) is 182 Å². The second-order valence-electron chi connectivity index (χ2n) is 14.6. The normalized spacial score (nSPS) is 11.9. The highest BCUT2D eigenvalue weighted by Gasteiger charge is 2.18. The summed E-state index contributed by atoms with van der Waals surface area (Å²) < 4.78 is 2.50. The molecular formula is C52H30N4S. The summed E-state index contributed by atoms with van der Waals surface area (Å²) in [7, 11) is 0. The average molecular weight is 743 g/mol. The van der Waals surface area contributed by atoms with Crippen molar-refractivity contribution in [2.75, 3.05) is 0 Å². The lowest BCUT2D eigenvalue weighted by Crippen LogP contribution is -2.00. The van der Waals surface area contributed by atoms with E-state index < -0.39 is 0 Å². The van der Waals surface area contributed by atoms with Crippen LogP contribution in [0.25, 0.3) is 120 Å². The number of nitrogens with zero attached hydrogens (tertiary/aromatic N) is 4. The predicted molar refractivity (Wildman–Crippen MR) is 239 cm³/mol. The van der Waals surface area contributed by atoms with Crippen LogP contribution in [0, 0.1) is 0 Å². The van der Waals surface area contributed by atoms with E-state index in [1.54, 1.807) is 0 Å². The maximum Gasteiger partial charge on any atom is 0.164 e. The molecule has 57 heavy (non-hydrogen) atoms. The minimum absolute atomic E-state index is 0.640.